The maximum atomic E-state index is 5.99. The molecule has 2 fully saturated rings. The normalized spacial score (nSPS) is 30.6. The monoisotopic (exact) mass is 420 g/mol. The highest BCUT2D eigenvalue weighted by Gasteiger charge is 2.41. The van der Waals surface area contributed by atoms with Gasteiger partial charge in [-0.2, -0.15) is 0 Å². The van der Waals surface area contributed by atoms with Crippen LogP contribution in [0.2, 0.25) is 0 Å². The van der Waals surface area contributed by atoms with E-state index < -0.39 is 0 Å². The van der Waals surface area contributed by atoms with E-state index in [2.05, 4.69) is 51.3 Å². The van der Waals surface area contributed by atoms with E-state index in [-0.39, 0.29) is 11.9 Å². The van der Waals surface area contributed by atoms with Gasteiger partial charge in [-0.3, -0.25) is 0 Å². The first-order valence-corrected chi connectivity index (χ1v) is 7.21. The summed E-state index contributed by atoms with van der Waals surface area (Å²) in [6.07, 6.45) is 8.31. The van der Waals surface area contributed by atoms with Crippen LogP contribution in [0.4, 0.5) is 0 Å². The van der Waals surface area contributed by atoms with Crippen molar-refractivity contribution in [3.05, 3.63) is 7.66 Å². The highest BCUT2D eigenvalue weighted by atomic mass is 127. The molecule has 4 heteroatoms. The fourth-order valence-electron chi connectivity index (χ4n) is 2.15. The third kappa shape index (κ3) is 2.82. The van der Waals surface area contributed by atoms with E-state index >= 15 is 0 Å². The van der Waals surface area contributed by atoms with E-state index in [1.165, 1.54) is 20.8 Å². The van der Waals surface area contributed by atoms with Crippen LogP contribution in [-0.2, 0) is 9.47 Å². The van der Waals surface area contributed by atoms with Crippen molar-refractivity contribution in [1.82, 2.24) is 0 Å². The Morgan fingerprint density at radius 2 is 1.93 bits per heavy atom. The van der Waals surface area contributed by atoms with Gasteiger partial charge in [-0.1, -0.05) is 6.42 Å². The van der Waals surface area contributed by atoms with Gasteiger partial charge in [0, 0.05) is 12.8 Å². The van der Waals surface area contributed by atoms with Crippen molar-refractivity contribution >= 4 is 45.2 Å². The summed E-state index contributed by atoms with van der Waals surface area (Å²) in [5, 5.41) is 0. The number of ether oxygens (including phenoxy) is 2. The van der Waals surface area contributed by atoms with Crippen LogP contribution in [0, 0.1) is 0 Å². The molecule has 0 aromatic carbocycles. The molecule has 0 unspecified atom stereocenters. The molecule has 1 saturated heterocycles. The van der Waals surface area contributed by atoms with Gasteiger partial charge in [-0.05, 0) is 64.1 Å². The zero-order valence-electron chi connectivity index (χ0n) is 7.97. The number of hydrogen-bond acceptors (Lipinski definition) is 2. The van der Waals surface area contributed by atoms with Gasteiger partial charge in [0.25, 0.3) is 0 Å². The van der Waals surface area contributed by atoms with Crippen LogP contribution in [0.25, 0.3) is 0 Å². The van der Waals surface area contributed by atoms with E-state index in [4.69, 9.17) is 9.47 Å². The van der Waals surface area contributed by atoms with Gasteiger partial charge < -0.3 is 9.47 Å². The molecule has 2 rings (SSSR count). The van der Waals surface area contributed by atoms with Crippen molar-refractivity contribution in [1.29, 1.82) is 0 Å². The lowest BCUT2D eigenvalue weighted by atomic mass is 9.94. The molecule has 0 N–H and O–H groups in total. The lowest BCUT2D eigenvalue weighted by Crippen LogP contribution is -2.33. The molecule has 80 valence electrons. The number of halogens is 2. The Balaban J connectivity index is 1.95. The highest BCUT2D eigenvalue weighted by Crippen LogP contribution is 2.38. The minimum atomic E-state index is -0.220. The smallest absolute Gasteiger partial charge is 0.169 e. The van der Waals surface area contributed by atoms with E-state index in [1.54, 1.807) is 0 Å². The molecule has 1 aliphatic carbocycles. The molecule has 0 radical (unpaired) electrons. The van der Waals surface area contributed by atoms with Crippen LogP contribution >= 0.6 is 45.2 Å². The second-order valence-corrected chi connectivity index (χ2v) is 8.28. The summed E-state index contributed by atoms with van der Waals surface area (Å²) in [4.78, 5) is 0. The molecule has 14 heavy (non-hydrogen) atoms. The van der Waals surface area contributed by atoms with Crippen molar-refractivity contribution in [2.45, 2.75) is 44.0 Å². The van der Waals surface area contributed by atoms with Gasteiger partial charge >= 0.3 is 0 Å². The predicted octanol–water partition coefficient (Wildman–Crippen LogP) is 3.77. The molecule has 0 bridgehead atoms. The molecule has 0 aromatic rings. The minimum absolute atomic E-state index is 0.178. The van der Waals surface area contributed by atoms with E-state index in [0.717, 1.165) is 19.4 Å². The van der Waals surface area contributed by atoms with Gasteiger partial charge in [-0.15, -0.1) is 0 Å². The molecular formula is C10H14I2O2. The Hall–Kier alpha value is 1.12. The molecule has 0 aromatic heterocycles. The first-order valence-electron chi connectivity index (χ1n) is 5.05. The lowest BCUT2D eigenvalue weighted by molar-refractivity contribution is -0.182. The topological polar surface area (TPSA) is 18.5 Å². The summed E-state index contributed by atoms with van der Waals surface area (Å²) in [7, 11) is 0. The summed E-state index contributed by atoms with van der Waals surface area (Å²) >= 11 is 4.61. The van der Waals surface area contributed by atoms with E-state index in [9.17, 15) is 0 Å². The summed E-state index contributed by atoms with van der Waals surface area (Å²) in [5.74, 6) is -0.220. The van der Waals surface area contributed by atoms with Crippen LogP contribution in [0.5, 0.6) is 0 Å². The third-order valence-electron chi connectivity index (χ3n) is 2.80. The fraction of sp³-hybridized carbons (Fsp3) is 0.800. The van der Waals surface area contributed by atoms with Crippen molar-refractivity contribution in [3.63, 3.8) is 0 Å². The molecule has 1 heterocycles. The first kappa shape index (κ1) is 11.6. The first-order chi connectivity index (χ1) is 6.70. The Kier molecular flexibility index (Phi) is 4.12. The quantitative estimate of drug-likeness (QED) is 0.602. The summed E-state index contributed by atoms with van der Waals surface area (Å²) in [6, 6.07) is 0. The maximum Gasteiger partial charge on any atom is 0.169 e. The van der Waals surface area contributed by atoms with Gasteiger partial charge in [-0.25, -0.2) is 0 Å². The van der Waals surface area contributed by atoms with Gasteiger partial charge in [0.1, 0.15) is 6.10 Å². The van der Waals surface area contributed by atoms with E-state index in [1.807, 2.05) is 0 Å². The number of hydrogen-bond donors (Lipinski definition) is 0. The molecule has 1 atom stereocenters. The average molecular weight is 420 g/mol. The predicted molar refractivity (Wildman–Crippen MR) is 72.8 cm³/mol. The molecular weight excluding hydrogens is 406 g/mol. The highest BCUT2D eigenvalue weighted by molar-refractivity contribution is 14.2. The molecule has 0 amide bonds. The lowest BCUT2D eigenvalue weighted by Gasteiger charge is -2.31. The Labute approximate surface area is 112 Å². The summed E-state index contributed by atoms with van der Waals surface area (Å²) in [6.45, 7) is 0.732. The largest absolute Gasteiger partial charge is 0.347 e. The van der Waals surface area contributed by atoms with Gasteiger partial charge in [0.15, 0.2) is 5.79 Å². The maximum absolute atomic E-state index is 5.99. The van der Waals surface area contributed by atoms with Crippen LogP contribution < -0.4 is 0 Å². The Morgan fingerprint density at radius 1 is 1.21 bits per heavy atom. The summed E-state index contributed by atoms with van der Waals surface area (Å²) < 4.78 is 13.1. The van der Waals surface area contributed by atoms with Crippen molar-refractivity contribution in [2.24, 2.45) is 0 Å². The Bertz CT molecular complexity index is 230. The van der Waals surface area contributed by atoms with Gasteiger partial charge in [0.05, 0.1) is 8.19 Å². The average Bonchev–Trinajstić information content (AvgIpc) is 2.49. The number of rotatable bonds is 1. The Morgan fingerprint density at radius 3 is 2.57 bits per heavy atom. The van der Waals surface area contributed by atoms with Crippen molar-refractivity contribution in [3.8, 4) is 0 Å². The van der Waals surface area contributed by atoms with E-state index in [0.29, 0.717) is 0 Å². The zero-order valence-corrected chi connectivity index (χ0v) is 12.3. The summed E-state index contributed by atoms with van der Waals surface area (Å²) in [5.41, 5.74) is 0. The minimum Gasteiger partial charge on any atom is -0.347 e. The second-order valence-electron chi connectivity index (χ2n) is 3.89. The van der Waals surface area contributed by atoms with Gasteiger partial charge in [0.2, 0.25) is 0 Å². The molecule has 2 nitrogen and oxygen atoms in total. The SMILES string of the molecule is IC(I)=C[C@@H]1COC2(CCCCC2)O1. The molecule has 1 aliphatic heterocycles. The van der Waals surface area contributed by atoms with Crippen LogP contribution in [-0.4, -0.2) is 18.5 Å². The van der Waals surface area contributed by atoms with Crippen LogP contribution in [0.15, 0.2) is 7.66 Å². The van der Waals surface area contributed by atoms with Crippen molar-refractivity contribution in [2.75, 3.05) is 6.61 Å². The van der Waals surface area contributed by atoms with Crippen molar-refractivity contribution < 1.29 is 9.47 Å². The standard InChI is InChI=1S/C10H14I2O2/c11-9(12)6-8-7-13-10(14-8)4-2-1-3-5-10/h6,8H,1-5,7H2/t8-/m1/s1. The zero-order chi connectivity index (χ0) is 10.0. The molecule has 1 saturated carbocycles. The molecule has 1 spiro atoms. The second kappa shape index (κ2) is 4.97. The third-order valence-corrected chi connectivity index (χ3v) is 3.52. The van der Waals surface area contributed by atoms with Crippen LogP contribution in [0.3, 0.4) is 0 Å². The van der Waals surface area contributed by atoms with Crippen LogP contribution in [0.1, 0.15) is 32.1 Å². The fourth-order valence-corrected chi connectivity index (χ4v) is 2.96. The molecule has 2 aliphatic rings.